The van der Waals surface area contributed by atoms with Crippen LogP contribution in [-0.4, -0.2) is 44.3 Å². The quantitative estimate of drug-likeness (QED) is 0.795. The monoisotopic (exact) mass is 377 g/mol. The molecule has 0 aliphatic rings. The lowest BCUT2D eigenvalue weighted by molar-refractivity contribution is 0.187. The Kier molecular flexibility index (Phi) is 7.11. The molecule has 0 fully saturated rings. The summed E-state index contributed by atoms with van der Waals surface area (Å²) in [6.07, 6.45) is -0.554. The van der Waals surface area contributed by atoms with Gasteiger partial charge in [0, 0.05) is 23.4 Å². The van der Waals surface area contributed by atoms with Crippen molar-refractivity contribution in [1.82, 2.24) is 4.90 Å². The largest absolute Gasteiger partial charge is 0.492 e. The van der Waals surface area contributed by atoms with E-state index in [1.165, 1.54) is 12.0 Å². The lowest BCUT2D eigenvalue weighted by Crippen LogP contribution is -2.34. The maximum Gasteiger partial charge on any atom is 0.411 e. The molecular weight excluding hydrogens is 358 g/mol. The van der Waals surface area contributed by atoms with Gasteiger partial charge >= 0.3 is 12.1 Å². The fraction of sp³-hybridized carbons (Fsp3) is 0.222. The van der Waals surface area contributed by atoms with Crippen LogP contribution in [0.4, 0.5) is 21.0 Å². The summed E-state index contributed by atoms with van der Waals surface area (Å²) in [5.41, 5.74) is 1.18. The van der Waals surface area contributed by atoms with Crippen molar-refractivity contribution in [2.75, 3.05) is 37.9 Å². The molecule has 0 aliphatic carbocycles. The molecule has 26 heavy (non-hydrogen) atoms. The molecule has 0 saturated heterocycles. The van der Waals surface area contributed by atoms with Crippen LogP contribution >= 0.6 is 11.6 Å². The molecule has 0 heterocycles. The molecule has 2 rings (SSSR count). The number of methoxy groups -OCH3 is 1. The van der Waals surface area contributed by atoms with Crippen LogP contribution in [0.1, 0.15) is 0 Å². The topological polar surface area (TPSA) is 79.9 Å². The summed E-state index contributed by atoms with van der Waals surface area (Å²) < 4.78 is 10.1. The minimum Gasteiger partial charge on any atom is -0.492 e. The first-order valence-corrected chi connectivity index (χ1v) is 8.21. The molecule has 0 spiro atoms. The van der Waals surface area contributed by atoms with Gasteiger partial charge in [-0.15, -0.1) is 0 Å². The van der Waals surface area contributed by atoms with Crippen LogP contribution in [0.5, 0.6) is 5.75 Å². The van der Waals surface area contributed by atoms with E-state index >= 15 is 0 Å². The summed E-state index contributed by atoms with van der Waals surface area (Å²) in [4.78, 5) is 24.8. The molecule has 0 atom stereocenters. The standard InChI is InChI=1S/C18H20ClN3O4/c1-22(11-12-26-16-9-3-13(19)4-10-16)17(23)20-14-5-7-15(8-6-14)21-18(24)25-2/h3-10H,11-12H2,1-2H3,(H,20,23)(H,21,24). The normalized spacial score (nSPS) is 9.96. The molecule has 3 amide bonds. The molecule has 0 bridgehead atoms. The number of amides is 3. The summed E-state index contributed by atoms with van der Waals surface area (Å²) in [5.74, 6) is 0.692. The van der Waals surface area contributed by atoms with Crippen molar-refractivity contribution in [3.05, 3.63) is 53.6 Å². The molecule has 0 saturated carbocycles. The number of hydrogen-bond acceptors (Lipinski definition) is 4. The summed E-state index contributed by atoms with van der Waals surface area (Å²) in [7, 11) is 2.96. The molecule has 138 valence electrons. The summed E-state index contributed by atoms with van der Waals surface area (Å²) in [5, 5.41) is 5.94. The maximum absolute atomic E-state index is 12.2. The maximum atomic E-state index is 12.2. The van der Waals surface area contributed by atoms with E-state index in [0.29, 0.717) is 35.3 Å². The van der Waals surface area contributed by atoms with E-state index in [2.05, 4.69) is 15.4 Å². The SMILES string of the molecule is COC(=O)Nc1ccc(NC(=O)N(C)CCOc2ccc(Cl)cc2)cc1. The van der Waals surface area contributed by atoms with E-state index < -0.39 is 6.09 Å². The zero-order chi connectivity index (χ0) is 18.9. The second-order valence-electron chi connectivity index (χ2n) is 5.35. The number of anilines is 2. The van der Waals surface area contributed by atoms with E-state index in [9.17, 15) is 9.59 Å². The zero-order valence-electron chi connectivity index (χ0n) is 14.5. The number of urea groups is 1. The molecule has 0 aromatic heterocycles. The van der Waals surface area contributed by atoms with Gasteiger partial charge in [0.1, 0.15) is 12.4 Å². The number of carbonyl (C=O) groups excluding carboxylic acids is 2. The zero-order valence-corrected chi connectivity index (χ0v) is 15.2. The predicted molar refractivity (Wildman–Crippen MR) is 101 cm³/mol. The minimum absolute atomic E-state index is 0.265. The van der Waals surface area contributed by atoms with Crippen LogP contribution < -0.4 is 15.4 Å². The average molecular weight is 378 g/mol. The van der Waals surface area contributed by atoms with Crippen molar-refractivity contribution in [2.24, 2.45) is 0 Å². The average Bonchev–Trinajstić information content (AvgIpc) is 2.64. The lowest BCUT2D eigenvalue weighted by atomic mass is 10.3. The van der Waals surface area contributed by atoms with Crippen LogP contribution in [0.15, 0.2) is 48.5 Å². The van der Waals surface area contributed by atoms with Crippen molar-refractivity contribution in [1.29, 1.82) is 0 Å². The van der Waals surface area contributed by atoms with Crippen LogP contribution in [0.2, 0.25) is 5.02 Å². The van der Waals surface area contributed by atoms with Crippen molar-refractivity contribution >= 4 is 35.1 Å². The Morgan fingerprint density at radius 2 is 1.58 bits per heavy atom. The van der Waals surface area contributed by atoms with Crippen molar-refractivity contribution in [3.8, 4) is 5.75 Å². The third kappa shape index (κ3) is 6.18. The van der Waals surface area contributed by atoms with Gasteiger partial charge in [-0.1, -0.05) is 11.6 Å². The highest BCUT2D eigenvalue weighted by atomic mass is 35.5. The molecule has 0 aliphatic heterocycles. The molecule has 7 nitrogen and oxygen atoms in total. The van der Waals surface area contributed by atoms with E-state index in [-0.39, 0.29) is 6.03 Å². The van der Waals surface area contributed by atoms with E-state index in [0.717, 1.165) is 0 Å². The highest BCUT2D eigenvalue weighted by Crippen LogP contribution is 2.16. The first kappa shape index (κ1) is 19.4. The van der Waals surface area contributed by atoms with Gasteiger partial charge in [-0.2, -0.15) is 0 Å². The van der Waals surface area contributed by atoms with Gasteiger partial charge < -0.3 is 19.7 Å². The Morgan fingerprint density at radius 3 is 2.15 bits per heavy atom. The van der Waals surface area contributed by atoms with Crippen LogP contribution in [-0.2, 0) is 4.74 Å². The smallest absolute Gasteiger partial charge is 0.411 e. The Bertz CT molecular complexity index is 735. The molecular formula is C18H20ClN3O4. The van der Waals surface area contributed by atoms with Gasteiger partial charge in [-0.05, 0) is 48.5 Å². The fourth-order valence-electron chi connectivity index (χ4n) is 1.96. The number of halogens is 1. The molecule has 8 heteroatoms. The van der Waals surface area contributed by atoms with Gasteiger partial charge in [-0.3, -0.25) is 5.32 Å². The molecule has 0 radical (unpaired) electrons. The molecule has 2 aromatic rings. The molecule has 0 unspecified atom stereocenters. The predicted octanol–water partition coefficient (Wildman–Crippen LogP) is 4.06. The second-order valence-corrected chi connectivity index (χ2v) is 5.78. The van der Waals surface area contributed by atoms with Gasteiger partial charge in [0.05, 0.1) is 13.7 Å². The number of likely N-dealkylation sites (N-methyl/N-ethyl adjacent to an activating group) is 1. The van der Waals surface area contributed by atoms with Crippen molar-refractivity contribution in [2.45, 2.75) is 0 Å². The van der Waals surface area contributed by atoms with Gasteiger partial charge in [0.2, 0.25) is 0 Å². The van der Waals surface area contributed by atoms with Crippen molar-refractivity contribution < 1.29 is 19.1 Å². The van der Waals surface area contributed by atoms with Crippen LogP contribution in [0.25, 0.3) is 0 Å². The van der Waals surface area contributed by atoms with E-state index in [4.69, 9.17) is 16.3 Å². The fourth-order valence-corrected chi connectivity index (χ4v) is 2.08. The second kappa shape index (κ2) is 9.53. The molecule has 2 N–H and O–H groups in total. The highest BCUT2D eigenvalue weighted by Gasteiger charge is 2.09. The number of benzene rings is 2. The lowest BCUT2D eigenvalue weighted by Gasteiger charge is -2.18. The van der Waals surface area contributed by atoms with Crippen molar-refractivity contribution in [3.63, 3.8) is 0 Å². The Hall–Kier alpha value is -2.93. The third-order valence-corrected chi connectivity index (χ3v) is 3.68. The number of rotatable bonds is 6. The summed E-state index contributed by atoms with van der Waals surface area (Å²) in [6, 6.07) is 13.4. The first-order valence-electron chi connectivity index (χ1n) is 7.83. The number of hydrogen-bond donors (Lipinski definition) is 2. The van der Waals surface area contributed by atoms with Crippen LogP contribution in [0, 0.1) is 0 Å². The highest BCUT2D eigenvalue weighted by molar-refractivity contribution is 6.30. The number of carbonyl (C=O) groups is 2. The summed E-state index contributed by atoms with van der Waals surface area (Å²) >= 11 is 5.81. The minimum atomic E-state index is -0.554. The Labute approximate surface area is 156 Å². The van der Waals surface area contributed by atoms with Gasteiger partial charge in [0.15, 0.2) is 0 Å². The van der Waals surface area contributed by atoms with E-state index in [1.807, 2.05) is 0 Å². The van der Waals surface area contributed by atoms with Gasteiger partial charge in [0.25, 0.3) is 0 Å². The molecule has 2 aromatic carbocycles. The number of nitrogens with one attached hydrogen (secondary N) is 2. The third-order valence-electron chi connectivity index (χ3n) is 3.42. The van der Waals surface area contributed by atoms with E-state index in [1.54, 1.807) is 55.6 Å². The van der Waals surface area contributed by atoms with Gasteiger partial charge in [-0.25, -0.2) is 9.59 Å². The Morgan fingerprint density at radius 1 is 1.00 bits per heavy atom. The number of ether oxygens (including phenoxy) is 2. The summed E-state index contributed by atoms with van der Waals surface area (Å²) in [6.45, 7) is 0.768. The Balaban J connectivity index is 1.77. The first-order chi connectivity index (χ1) is 12.5. The number of nitrogens with zero attached hydrogens (tertiary/aromatic N) is 1. The van der Waals surface area contributed by atoms with Crippen LogP contribution in [0.3, 0.4) is 0 Å².